The van der Waals surface area contributed by atoms with Crippen LogP contribution in [0, 0.1) is 5.82 Å². The Morgan fingerprint density at radius 1 is 1.21 bits per heavy atom. The minimum Gasteiger partial charge on any atom is -0.338 e. The third kappa shape index (κ3) is 5.31. The lowest BCUT2D eigenvalue weighted by Gasteiger charge is -2.20. The van der Waals surface area contributed by atoms with E-state index in [1.54, 1.807) is 28.4 Å². The molecule has 3 aromatic rings. The molecule has 3 rings (SSSR count). The van der Waals surface area contributed by atoms with E-state index in [2.05, 4.69) is 33.2 Å². The van der Waals surface area contributed by atoms with Gasteiger partial charge >= 0.3 is 0 Å². The summed E-state index contributed by atoms with van der Waals surface area (Å²) in [7, 11) is 4.14. The van der Waals surface area contributed by atoms with E-state index in [9.17, 15) is 9.18 Å². The van der Waals surface area contributed by atoms with Gasteiger partial charge in [-0.15, -0.1) is 11.8 Å². The van der Waals surface area contributed by atoms with E-state index in [0.717, 1.165) is 33.2 Å². The van der Waals surface area contributed by atoms with Crippen LogP contribution < -0.4 is 9.80 Å². The first-order valence-electron chi connectivity index (χ1n) is 9.33. The zero-order valence-electron chi connectivity index (χ0n) is 16.4. The number of hydrogen-bond donors (Lipinski definition) is 1. The number of likely N-dealkylation sites (N-methyl/N-ethyl adjacent to an activating group) is 1. The third-order valence-electron chi connectivity index (χ3n) is 4.39. The van der Waals surface area contributed by atoms with Gasteiger partial charge in [-0.3, -0.25) is 9.69 Å². The normalized spacial score (nSPS) is 11.3. The number of aryl methyl sites for hydroxylation is 1. The van der Waals surface area contributed by atoms with Gasteiger partial charge < -0.3 is 4.90 Å². The van der Waals surface area contributed by atoms with Crippen molar-refractivity contribution < 1.29 is 14.1 Å². The van der Waals surface area contributed by atoms with E-state index in [1.165, 1.54) is 34.4 Å². The Kier molecular flexibility index (Phi) is 7.04. The number of thioether (sulfide) groups is 1. The molecule has 0 atom stereocenters. The van der Waals surface area contributed by atoms with Crippen molar-refractivity contribution in [1.82, 2.24) is 4.98 Å². The molecule has 1 N–H and O–H groups in total. The lowest BCUT2D eigenvalue weighted by Crippen LogP contribution is -3.06. The fourth-order valence-corrected chi connectivity index (χ4v) is 4.56. The van der Waals surface area contributed by atoms with Crippen molar-refractivity contribution in [3.63, 3.8) is 0 Å². The molecular weight excluding hydrogens is 393 g/mol. The number of quaternary nitrogens is 1. The molecule has 148 valence electrons. The molecule has 0 radical (unpaired) electrons. The topological polar surface area (TPSA) is 37.6 Å². The van der Waals surface area contributed by atoms with Gasteiger partial charge in [-0.1, -0.05) is 24.3 Å². The molecule has 0 bridgehead atoms. The lowest BCUT2D eigenvalue weighted by molar-refractivity contribution is -0.856. The summed E-state index contributed by atoms with van der Waals surface area (Å²) >= 11 is 2.98. The van der Waals surface area contributed by atoms with Crippen LogP contribution in [0.3, 0.4) is 0 Å². The Balaban J connectivity index is 1.79. The first-order chi connectivity index (χ1) is 13.5. The zero-order chi connectivity index (χ0) is 20.1. The predicted molar refractivity (Wildman–Crippen MR) is 116 cm³/mol. The number of thiazole rings is 1. The van der Waals surface area contributed by atoms with Crippen molar-refractivity contribution >= 4 is 44.4 Å². The number of halogens is 1. The number of benzene rings is 2. The average Bonchev–Trinajstić information content (AvgIpc) is 3.10. The Morgan fingerprint density at radius 3 is 2.64 bits per heavy atom. The van der Waals surface area contributed by atoms with Crippen LogP contribution >= 0.6 is 23.1 Å². The van der Waals surface area contributed by atoms with Crippen LogP contribution in [-0.2, 0) is 11.2 Å². The number of carbonyl (C=O) groups is 1. The van der Waals surface area contributed by atoms with Crippen molar-refractivity contribution in [2.45, 2.75) is 18.2 Å². The summed E-state index contributed by atoms with van der Waals surface area (Å²) < 4.78 is 14.2. The number of fused-ring (bicyclic) bond motifs is 1. The van der Waals surface area contributed by atoms with Gasteiger partial charge in [-0.2, -0.15) is 0 Å². The summed E-state index contributed by atoms with van der Waals surface area (Å²) in [4.78, 5) is 21.6. The zero-order valence-corrected chi connectivity index (χ0v) is 18.0. The van der Waals surface area contributed by atoms with Crippen LogP contribution in [0.2, 0.25) is 0 Å². The fourth-order valence-electron chi connectivity index (χ4n) is 2.71. The molecule has 4 nitrogen and oxygen atoms in total. The molecule has 0 aliphatic heterocycles. The van der Waals surface area contributed by atoms with Crippen molar-refractivity contribution in [1.29, 1.82) is 0 Å². The highest BCUT2D eigenvalue weighted by Gasteiger charge is 2.21. The summed E-state index contributed by atoms with van der Waals surface area (Å²) in [6.45, 7) is 3.58. The second-order valence-corrected chi connectivity index (χ2v) is 8.96. The molecule has 0 saturated carbocycles. The van der Waals surface area contributed by atoms with Crippen molar-refractivity contribution in [2.75, 3.05) is 37.8 Å². The van der Waals surface area contributed by atoms with Gasteiger partial charge in [0.1, 0.15) is 5.82 Å². The molecule has 0 saturated heterocycles. The highest BCUT2D eigenvalue weighted by molar-refractivity contribution is 8.00. The Bertz CT molecular complexity index is 940. The number of amides is 1. The van der Waals surface area contributed by atoms with Crippen molar-refractivity contribution in [3.05, 3.63) is 53.8 Å². The quantitative estimate of drug-likeness (QED) is 0.571. The summed E-state index contributed by atoms with van der Waals surface area (Å²) in [5.41, 5.74) is 2.20. The summed E-state index contributed by atoms with van der Waals surface area (Å²) in [6.07, 6.45) is 0.976. The van der Waals surface area contributed by atoms with Gasteiger partial charge in [0.2, 0.25) is 5.91 Å². The van der Waals surface area contributed by atoms with Crippen LogP contribution in [0.5, 0.6) is 0 Å². The van der Waals surface area contributed by atoms with Gasteiger partial charge in [0, 0.05) is 4.90 Å². The summed E-state index contributed by atoms with van der Waals surface area (Å²) in [6, 6.07) is 12.5. The van der Waals surface area contributed by atoms with Crippen LogP contribution in [0.15, 0.2) is 47.4 Å². The van der Waals surface area contributed by atoms with Crippen LogP contribution in [0.4, 0.5) is 9.52 Å². The number of rotatable bonds is 8. The average molecular weight is 419 g/mol. The minimum absolute atomic E-state index is 0.0188. The second-order valence-electron chi connectivity index (χ2n) is 6.90. The molecule has 0 unspecified atom stereocenters. The van der Waals surface area contributed by atoms with Crippen LogP contribution in [0.25, 0.3) is 10.2 Å². The van der Waals surface area contributed by atoms with Gasteiger partial charge in [0.15, 0.2) is 5.13 Å². The highest BCUT2D eigenvalue weighted by atomic mass is 32.2. The van der Waals surface area contributed by atoms with Crippen molar-refractivity contribution in [3.8, 4) is 0 Å². The standard InChI is InChI=1S/C21H24FN3OS2/c1-4-15-5-10-18-19(13-15)28-21(23-18)25(12-11-24(2)3)20(26)14-27-17-8-6-16(22)7-9-17/h5-10,13H,4,11-12,14H2,1-3H3/p+1. The van der Waals surface area contributed by atoms with Gasteiger partial charge in [0.25, 0.3) is 0 Å². The predicted octanol–water partition coefficient (Wildman–Crippen LogP) is 3.27. The fraction of sp³-hybridized carbons (Fsp3) is 0.333. The summed E-state index contributed by atoms with van der Waals surface area (Å²) in [5, 5.41) is 0.745. The highest BCUT2D eigenvalue weighted by Crippen LogP contribution is 2.30. The monoisotopic (exact) mass is 418 g/mol. The van der Waals surface area contributed by atoms with Crippen molar-refractivity contribution in [2.24, 2.45) is 0 Å². The minimum atomic E-state index is -0.271. The van der Waals surface area contributed by atoms with E-state index < -0.39 is 0 Å². The molecule has 1 amide bonds. The number of aromatic nitrogens is 1. The summed E-state index contributed by atoms with van der Waals surface area (Å²) in [5.74, 6) is 0.0439. The van der Waals surface area contributed by atoms with Gasteiger partial charge in [-0.25, -0.2) is 9.37 Å². The largest absolute Gasteiger partial charge is 0.338 e. The number of hydrogen-bond acceptors (Lipinski definition) is 4. The van der Waals surface area contributed by atoms with Crippen LogP contribution in [0.1, 0.15) is 12.5 Å². The van der Waals surface area contributed by atoms with E-state index >= 15 is 0 Å². The number of nitrogens with zero attached hydrogens (tertiary/aromatic N) is 2. The molecule has 1 heterocycles. The maximum atomic E-state index is 13.1. The maximum absolute atomic E-state index is 13.1. The Labute approximate surface area is 173 Å². The second kappa shape index (κ2) is 9.49. The molecular formula is C21H25FN3OS2+. The number of anilines is 1. The number of carbonyl (C=O) groups excluding carboxylic acids is 1. The number of nitrogens with one attached hydrogen (secondary N) is 1. The molecule has 0 aliphatic carbocycles. The van der Waals surface area contributed by atoms with Gasteiger partial charge in [0.05, 0.1) is 43.2 Å². The molecule has 0 fully saturated rings. The Morgan fingerprint density at radius 2 is 1.96 bits per heavy atom. The Hall–Kier alpha value is -1.96. The molecule has 7 heteroatoms. The molecule has 0 aliphatic rings. The maximum Gasteiger partial charge on any atom is 0.239 e. The van der Waals surface area contributed by atoms with E-state index in [4.69, 9.17) is 4.98 Å². The lowest BCUT2D eigenvalue weighted by atomic mass is 10.2. The molecule has 2 aromatic carbocycles. The van der Waals surface area contributed by atoms with E-state index in [1.807, 2.05) is 6.07 Å². The molecule has 1 aromatic heterocycles. The van der Waals surface area contributed by atoms with E-state index in [0.29, 0.717) is 12.3 Å². The van der Waals surface area contributed by atoms with E-state index in [-0.39, 0.29) is 11.7 Å². The molecule has 0 spiro atoms. The first-order valence-corrected chi connectivity index (χ1v) is 11.1. The first kappa shape index (κ1) is 20.8. The van der Waals surface area contributed by atoms with Gasteiger partial charge in [-0.05, 0) is 48.4 Å². The SMILES string of the molecule is CCc1ccc2nc(N(CC[NH+](C)C)C(=O)CSc3ccc(F)cc3)sc2c1. The van der Waals surface area contributed by atoms with Crippen LogP contribution in [-0.4, -0.2) is 43.8 Å². The third-order valence-corrected chi connectivity index (χ3v) is 6.43. The molecule has 28 heavy (non-hydrogen) atoms. The smallest absolute Gasteiger partial charge is 0.239 e.